The second-order valence-corrected chi connectivity index (χ2v) is 5.10. The van der Waals surface area contributed by atoms with Crippen molar-refractivity contribution in [2.45, 2.75) is 64.3 Å². The minimum atomic E-state index is 0.720. The van der Waals surface area contributed by atoms with Gasteiger partial charge < -0.3 is 5.32 Å². The van der Waals surface area contributed by atoms with Gasteiger partial charge in [-0.1, -0.05) is 31.4 Å². The molecule has 0 amide bonds. The van der Waals surface area contributed by atoms with E-state index in [2.05, 4.69) is 18.3 Å². The number of hydrogen-bond acceptors (Lipinski definition) is 1. The van der Waals surface area contributed by atoms with Crippen molar-refractivity contribution in [1.29, 1.82) is 0 Å². The molecule has 0 radical (unpaired) electrons. The Kier molecular flexibility index (Phi) is 4.25. The Morgan fingerprint density at radius 1 is 1.27 bits per heavy atom. The third kappa shape index (κ3) is 2.84. The molecule has 1 atom stereocenters. The van der Waals surface area contributed by atoms with Gasteiger partial charge in [-0.25, -0.2) is 0 Å². The summed E-state index contributed by atoms with van der Waals surface area (Å²) in [5.74, 6) is 0.939. The first kappa shape index (κ1) is 11.2. The quantitative estimate of drug-likeness (QED) is 0.694. The fourth-order valence-corrected chi connectivity index (χ4v) is 3.26. The minimum Gasteiger partial charge on any atom is -0.310 e. The number of nitrogens with one attached hydrogen (secondary N) is 1. The Bertz CT molecular complexity index is 213. The maximum atomic E-state index is 3.73. The van der Waals surface area contributed by atoms with Gasteiger partial charge in [0.15, 0.2) is 0 Å². The van der Waals surface area contributed by atoms with Gasteiger partial charge in [0.25, 0.3) is 0 Å². The monoisotopic (exact) mass is 207 g/mol. The van der Waals surface area contributed by atoms with Crippen LogP contribution in [0.15, 0.2) is 11.6 Å². The fourth-order valence-electron chi connectivity index (χ4n) is 3.26. The first-order valence-electron chi connectivity index (χ1n) is 6.84. The summed E-state index contributed by atoms with van der Waals surface area (Å²) in [6, 6.07) is 0.720. The van der Waals surface area contributed by atoms with Crippen molar-refractivity contribution < 1.29 is 0 Å². The van der Waals surface area contributed by atoms with Gasteiger partial charge in [-0.05, 0) is 51.0 Å². The first-order chi connectivity index (χ1) is 7.42. The highest BCUT2D eigenvalue weighted by molar-refractivity contribution is 5.15. The van der Waals surface area contributed by atoms with E-state index in [1.54, 1.807) is 5.57 Å². The first-order valence-corrected chi connectivity index (χ1v) is 6.84. The van der Waals surface area contributed by atoms with Crippen LogP contribution < -0.4 is 5.32 Å². The van der Waals surface area contributed by atoms with Crippen LogP contribution in [0.5, 0.6) is 0 Å². The van der Waals surface area contributed by atoms with Gasteiger partial charge >= 0.3 is 0 Å². The molecular formula is C14H25N. The van der Waals surface area contributed by atoms with E-state index >= 15 is 0 Å². The Morgan fingerprint density at radius 3 is 2.67 bits per heavy atom. The van der Waals surface area contributed by atoms with E-state index in [-0.39, 0.29) is 0 Å². The lowest BCUT2D eigenvalue weighted by Crippen LogP contribution is -2.37. The standard InChI is InChI=1S/C14H25N/c1-2-15-14(13-10-6-7-11-13)12-8-4-3-5-9-12/h8,13-15H,2-7,9-11H2,1H3. The van der Waals surface area contributed by atoms with Crippen molar-refractivity contribution in [3.8, 4) is 0 Å². The molecule has 0 heterocycles. The molecule has 0 bridgehead atoms. The Hall–Kier alpha value is -0.300. The average Bonchev–Trinajstić information content (AvgIpc) is 2.80. The van der Waals surface area contributed by atoms with Gasteiger partial charge in [0.1, 0.15) is 0 Å². The summed E-state index contributed by atoms with van der Waals surface area (Å²) in [6.07, 6.45) is 13.9. The molecular weight excluding hydrogens is 182 g/mol. The molecule has 86 valence electrons. The van der Waals surface area contributed by atoms with Gasteiger partial charge in [0, 0.05) is 6.04 Å². The number of allylic oxidation sites excluding steroid dienone is 1. The second-order valence-electron chi connectivity index (χ2n) is 5.10. The van der Waals surface area contributed by atoms with Crippen LogP contribution in [-0.2, 0) is 0 Å². The molecule has 15 heavy (non-hydrogen) atoms. The lowest BCUT2D eigenvalue weighted by Gasteiger charge is -2.29. The zero-order chi connectivity index (χ0) is 10.5. The molecule has 0 aromatic carbocycles. The molecule has 1 unspecified atom stereocenters. The van der Waals surface area contributed by atoms with Crippen LogP contribution in [0, 0.1) is 5.92 Å². The lowest BCUT2D eigenvalue weighted by atomic mass is 9.85. The molecule has 1 saturated carbocycles. The molecule has 2 aliphatic rings. The summed E-state index contributed by atoms with van der Waals surface area (Å²) >= 11 is 0. The van der Waals surface area contributed by atoms with Crippen molar-refractivity contribution in [1.82, 2.24) is 5.32 Å². The van der Waals surface area contributed by atoms with Gasteiger partial charge in [0.2, 0.25) is 0 Å². The zero-order valence-corrected chi connectivity index (χ0v) is 10.1. The maximum Gasteiger partial charge on any atom is 0.0307 e. The highest BCUT2D eigenvalue weighted by atomic mass is 14.9. The van der Waals surface area contributed by atoms with Gasteiger partial charge in [-0.15, -0.1) is 0 Å². The molecule has 0 spiro atoms. The molecule has 2 rings (SSSR count). The summed E-state index contributed by atoms with van der Waals surface area (Å²) < 4.78 is 0. The predicted octanol–water partition coefficient (Wildman–Crippen LogP) is 3.66. The van der Waals surface area contributed by atoms with Crippen molar-refractivity contribution in [2.24, 2.45) is 5.92 Å². The topological polar surface area (TPSA) is 12.0 Å². The summed E-state index contributed by atoms with van der Waals surface area (Å²) in [4.78, 5) is 0. The third-order valence-corrected chi connectivity index (χ3v) is 4.02. The van der Waals surface area contributed by atoms with Crippen LogP contribution in [0.25, 0.3) is 0 Å². The molecule has 1 fully saturated rings. The van der Waals surface area contributed by atoms with Crippen LogP contribution in [0.3, 0.4) is 0 Å². The SMILES string of the molecule is CCNC(C1=CCCCC1)C1CCCC1. The lowest BCUT2D eigenvalue weighted by molar-refractivity contribution is 0.391. The normalized spacial score (nSPS) is 25.3. The summed E-state index contributed by atoms with van der Waals surface area (Å²) in [7, 11) is 0. The highest BCUT2D eigenvalue weighted by Crippen LogP contribution is 2.33. The molecule has 1 nitrogen and oxygen atoms in total. The van der Waals surface area contributed by atoms with E-state index in [0.29, 0.717) is 0 Å². The molecule has 1 heteroatoms. The summed E-state index contributed by atoms with van der Waals surface area (Å²) in [6.45, 7) is 3.36. The van der Waals surface area contributed by atoms with E-state index in [0.717, 1.165) is 18.5 Å². The minimum absolute atomic E-state index is 0.720. The predicted molar refractivity (Wildman–Crippen MR) is 66.0 cm³/mol. The van der Waals surface area contributed by atoms with Crippen LogP contribution in [0.2, 0.25) is 0 Å². The fraction of sp³-hybridized carbons (Fsp3) is 0.857. The van der Waals surface area contributed by atoms with E-state index in [4.69, 9.17) is 0 Å². The van der Waals surface area contributed by atoms with E-state index in [1.165, 1.54) is 51.4 Å². The van der Waals surface area contributed by atoms with Crippen LogP contribution in [0.1, 0.15) is 58.3 Å². The molecule has 0 aromatic heterocycles. The van der Waals surface area contributed by atoms with Gasteiger partial charge in [-0.2, -0.15) is 0 Å². The van der Waals surface area contributed by atoms with Gasteiger partial charge in [0.05, 0.1) is 0 Å². The van der Waals surface area contributed by atoms with Crippen LogP contribution >= 0.6 is 0 Å². The highest BCUT2D eigenvalue weighted by Gasteiger charge is 2.27. The van der Waals surface area contributed by atoms with E-state index in [1.807, 2.05) is 0 Å². The second kappa shape index (κ2) is 5.69. The molecule has 0 aliphatic heterocycles. The number of likely N-dealkylation sites (N-methyl/N-ethyl adjacent to an activating group) is 1. The van der Waals surface area contributed by atoms with Crippen molar-refractivity contribution >= 4 is 0 Å². The van der Waals surface area contributed by atoms with Crippen LogP contribution in [0.4, 0.5) is 0 Å². The van der Waals surface area contributed by atoms with Crippen molar-refractivity contribution in [2.75, 3.05) is 6.54 Å². The van der Waals surface area contributed by atoms with Gasteiger partial charge in [-0.3, -0.25) is 0 Å². The smallest absolute Gasteiger partial charge is 0.0307 e. The van der Waals surface area contributed by atoms with E-state index in [9.17, 15) is 0 Å². The van der Waals surface area contributed by atoms with Crippen molar-refractivity contribution in [3.63, 3.8) is 0 Å². The average molecular weight is 207 g/mol. The number of rotatable bonds is 4. The molecule has 0 aromatic rings. The Balaban J connectivity index is 2.00. The molecule has 0 saturated heterocycles. The third-order valence-electron chi connectivity index (χ3n) is 4.02. The van der Waals surface area contributed by atoms with Crippen molar-refractivity contribution in [3.05, 3.63) is 11.6 Å². The summed E-state index contributed by atoms with van der Waals surface area (Å²) in [5, 5.41) is 3.73. The van der Waals surface area contributed by atoms with E-state index < -0.39 is 0 Å². The van der Waals surface area contributed by atoms with Crippen LogP contribution in [-0.4, -0.2) is 12.6 Å². The maximum absolute atomic E-state index is 3.73. The molecule has 1 N–H and O–H groups in total. The molecule has 2 aliphatic carbocycles. The largest absolute Gasteiger partial charge is 0.310 e. The Morgan fingerprint density at radius 2 is 2.07 bits per heavy atom. The zero-order valence-electron chi connectivity index (χ0n) is 10.1. The Labute approximate surface area is 94.3 Å². The number of hydrogen-bond donors (Lipinski definition) is 1. The summed E-state index contributed by atoms with van der Waals surface area (Å²) in [5.41, 5.74) is 1.73.